The van der Waals surface area contributed by atoms with Crippen molar-refractivity contribution in [1.29, 1.82) is 0 Å². The predicted octanol–water partition coefficient (Wildman–Crippen LogP) is 1.73. The molecular weight excluding hydrogens is 126 g/mol. The molecule has 0 aromatic heterocycles. The summed E-state index contributed by atoms with van der Waals surface area (Å²) in [6.07, 6.45) is 8.61. The normalized spacial score (nSPS) is 21.4. The fraction of sp³-hybridized carbons (Fsp3) is 0.125. The quantitative estimate of drug-likeness (QED) is 0.536. The van der Waals surface area contributed by atoms with Crippen molar-refractivity contribution in [1.82, 2.24) is 0 Å². The van der Waals surface area contributed by atoms with Gasteiger partial charge in [0.05, 0.1) is 5.71 Å². The molecule has 2 rings (SSSR count). The fourth-order valence-corrected chi connectivity index (χ4v) is 1.10. The number of aliphatic hydroxyl groups is 1. The van der Waals surface area contributed by atoms with Crippen LogP contribution >= 0.6 is 0 Å². The highest BCUT2D eigenvalue weighted by atomic mass is 16.3. The maximum Gasteiger partial charge on any atom is 0.211 e. The van der Waals surface area contributed by atoms with Gasteiger partial charge >= 0.3 is 0 Å². The lowest BCUT2D eigenvalue weighted by atomic mass is 10.1. The summed E-state index contributed by atoms with van der Waals surface area (Å²) in [6.45, 7) is 0. The third-order valence-corrected chi connectivity index (χ3v) is 1.56. The van der Waals surface area contributed by atoms with Gasteiger partial charge in [0, 0.05) is 11.6 Å². The zero-order valence-corrected chi connectivity index (χ0v) is 5.41. The Morgan fingerprint density at radius 1 is 1.50 bits per heavy atom. The van der Waals surface area contributed by atoms with Crippen molar-refractivity contribution >= 4 is 5.71 Å². The van der Waals surface area contributed by atoms with E-state index in [1.807, 2.05) is 18.2 Å². The molecule has 2 aliphatic rings. The zero-order valence-electron chi connectivity index (χ0n) is 5.41. The van der Waals surface area contributed by atoms with E-state index in [-0.39, 0.29) is 5.88 Å². The molecule has 0 aromatic carbocycles. The Balaban J connectivity index is 2.46. The van der Waals surface area contributed by atoms with Crippen molar-refractivity contribution in [3.8, 4) is 0 Å². The summed E-state index contributed by atoms with van der Waals surface area (Å²) in [5, 5.41) is 8.96. The number of nitrogens with zero attached hydrogens (tertiary/aromatic N) is 1. The van der Waals surface area contributed by atoms with Crippen molar-refractivity contribution in [3.63, 3.8) is 0 Å². The molecule has 0 aromatic rings. The van der Waals surface area contributed by atoms with Crippen molar-refractivity contribution in [2.75, 3.05) is 0 Å². The van der Waals surface area contributed by atoms with Crippen LogP contribution in [0.5, 0.6) is 0 Å². The van der Waals surface area contributed by atoms with Crippen LogP contribution in [0.25, 0.3) is 0 Å². The van der Waals surface area contributed by atoms with E-state index < -0.39 is 0 Å². The van der Waals surface area contributed by atoms with Gasteiger partial charge in [0.25, 0.3) is 0 Å². The summed E-state index contributed by atoms with van der Waals surface area (Å²) >= 11 is 0. The highest BCUT2D eigenvalue weighted by Crippen LogP contribution is 2.18. The molecular formula is C8H7NO. The standard InChI is InChI=1S/C8H7NO/c10-8-5-6-3-1-2-4-7(6)9-8/h2-5,10H,1H2. The molecule has 1 N–H and O–H groups in total. The van der Waals surface area contributed by atoms with E-state index >= 15 is 0 Å². The van der Waals surface area contributed by atoms with Crippen LogP contribution in [0.2, 0.25) is 0 Å². The molecule has 1 aliphatic heterocycles. The Labute approximate surface area is 58.9 Å². The van der Waals surface area contributed by atoms with Gasteiger partial charge in [0.1, 0.15) is 0 Å². The van der Waals surface area contributed by atoms with Gasteiger partial charge in [-0.2, -0.15) is 0 Å². The van der Waals surface area contributed by atoms with Crippen molar-refractivity contribution < 1.29 is 5.11 Å². The summed E-state index contributed by atoms with van der Waals surface area (Å²) < 4.78 is 0. The monoisotopic (exact) mass is 133 g/mol. The number of aliphatic imine (C=N–C) groups is 1. The zero-order chi connectivity index (χ0) is 6.97. The summed E-state index contributed by atoms with van der Waals surface area (Å²) in [6, 6.07) is 0. The number of allylic oxidation sites excluding steroid dienone is 5. The van der Waals surface area contributed by atoms with E-state index in [2.05, 4.69) is 4.99 Å². The van der Waals surface area contributed by atoms with E-state index in [1.165, 1.54) is 0 Å². The molecule has 0 fully saturated rings. The van der Waals surface area contributed by atoms with Gasteiger partial charge in [-0.15, -0.1) is 0 Å². The molecule has 0 spiro atoms. The van der Waals surface area contributed by atoms with Crippen LogP contribution in [0.4, 0.5) is 0 Å². The molecule has 0 saturated heterocycles. The number of hydrogen-bond acceptors (Lipinski definition) is 2. The van der Waals surface area contributed by atoms with Gasteiger partial charge in [-0.05, 0) is 12.5 Å². The molecule has 0 saturated carbocycles. The molecule has 0 unspecified atom stereocenters. The van der Waals surface area contributed by atoms with E-state index in [0.717, 1.165) is 17.7 Å². The minimum atomic E-state index is 0.118. The smallest absolute Gasteiger partial charge is 0.211 e. The largest absolute Gasteiger partial charge is 0.493 e. The molecule has 0 bridgehead atoms. The second kappa shape index (κ2) is 1.84. The van der Waals surface area contributed by atoms with Crippen LogP contribution in [0.15, 0.2) is 40.8 Å². The van der Waals surface area contributed by atoms with Crippen LogP contribution < -0.4 is 0 Å². The minimum absolute atomic E-state index is 0.118. The first kappa shape index (κ1) is 5.47. The first-order valence-corrected chi connectivity index (χ1v) is 3.23. The molecule has 2 nitrogen and oxygen atoms in total. The second-order valence-corrected chi connectivity index (χ2v) is 2.30. The average Bonchev–Trinajstić information content (AvgIpc) is 2.27. The van der Waals surface area contributed by atoms with Crippen LogP contribution in [0.1, 0.15) is 6.42 Å². The number of rotatable bonds is 0. The molecule has 0 amide bonds. The Morgan fingerprint density at radius 3 is 3.20 bits per heavy atom. The van der Waals surface area contributed by atoms with Crippen LogP contribution in [-0.2, 0) is 0 Å². The Hall–Kier alpha value is -1.31. The maximum absolute atomic E-state index is 8.96. The van der Waals surface area contributed by atoms with Gasteiger partial charge in [-0.3, -0.25) is 0 Å². The van der Waals surface area contributed by atoms with Crippen LogP contribution in [0.3, 0.4) is 0 Å². The second-order valence-electron chi connectivity index (χ2n) is 2.30. The molecule has 10 heavy (non-hydrogen) atoms. The lowest BCUT2D eigenvalue weighted by molar-refractivity contribution is 0.409. The number of aliphatic hydroxyl groups excluding tert-OH is 1. The van der Waals surface area contributed by atoms with Crippen LogP contribution in [-0.4, -0.2) is 10.8 Å². The summed E-state index contributed by atoms with van der Waals surface area (Å²) in [5.74, 6) is 0.118. The maximum atomic E-state index is 8.96. The van der Waals surface area contributed by atoms with E-state index in [1.54, 1.807) is 6.08 Å². The summed E-state index contributed by atoms with van der Waals surface area (Å²) in [5.41, 5.74) is 1.92. The summed E-state index contributed by atoms with van der Waals surface area (Å²) in [7, 11) is 0. The third kappa shape index (κ3) is 0.692. The summed E-state index contributed by atoms with van der Waals surface area (Å²) in [4.78, 5) is 3.89. The highest BCUT2D eigenvalue weighted by molar-refractivity contribution is 6.13. The van der Waals surface area contributed by atoms with E-state index in [4.69, 9.17) is 5.11 Å². The van der Waals surface area contributed by atoms with Gasteiger partial charge < -0.3 is 5.11 Å². The minimum Gasteiger partial charge on any atom is -0.493 e. The van der Waals surface area contributed by atoms with Gasteiger partial charge in [-0.25, -0.2) is 4.99 Å². The van der Waals surface area contributed by atoms with Crippen LogP contribution in [0, 0.1) is 0 Å². The van der Waals surface area contributed by atoms with Gasteiger partial charge in [0.15, 0.2) is 0 Å². The highest BCUT2D eigenvalue weighted by Gasteiger charge is 2.11. The van der Waals surface area contributed by atoms with Crippen molar-refractivity contribution in [3.05, 3.63) is 35.8 Å². The lowest BCUT2D eigenvalue weighted by Gasteiger charge is -1.99. The van der Waals surface area contributed by atoms with E-state index in [0.29, 0.717) is 0 Å². The number of hydrogen-bond donors (Lipinski definition) is 1. The molecule has 1 aliphatic carbocycles. The first-order valence-electron chi connectivity index (χ1n) is 3.23. The Bertz CT molecular complexity index is 282. The average molecular weight is 133 g/mol. The third-order valence-electron chi connectivity index (χ3n) is 1.56. The van der Waals surface area contributed by atoms with Crippen molar-refractivity contribution in [2.45, 2.75) is 6.42 Å². The molecule has 2 heteroatoms. The Morgan fingerprint density at radius 2 is 2.40 bits per heavy atom. The molecule has 50 valence electrons. The predicted molar refractivity (Wildman–Crippen MR) is 40.0 cm³/mol. The number of fused-ring (bicyclic) bond motifs is 1. The lowest BCUT2D eigenvalue weighted by Crippen LogP contribution is -1.95. The Kier molecular flexibility index (Phi) is 1.01. The first-order chi connectivity index (χ1) is 4.86. The topological polar surface area (TPSA) is 32.6 Å². The van der Waals surface area contributed by atoms with Gasteiger partial charge in [-0.1, -0.05) is 12.2 Å². The van der Waals surface area contributed by atoms with Crippen molar-refractivity contribution in [2.24, 2.45) is 4.99 Å². The molecule has 0 atom stereocenters. The molecule has 0 radical (unpaired) electrons. The van der Waals surface area contributed by atoms with Gasteiger partial charge in [0.2, 0.25) is 5.88 Å². The molecule has 1 heterocycles. The fourth-order valence-electron chi connectivity index (χ4n) is 1.10. The van der Waals surface area contributed by atoms with E-state index in [9.17, 15) is 0 Å². The SMILES string of the molecule is OC1=CC2=CCC=CC2=N1.